The summed E-state index contributed by atoms with van der Waals surface area (Å²) in [6, 6.07) is 0. The first-order chi connectivity index (χ1) is 8.74. The normalized spacial score (nSPS) is 10.8. The van der Waals surface area contributed by atoms with E-state index in [0.29, 0.717) is 0 Å². The van der Waals surface area contributed by atoms with E-state index in [-0.39, 0.29) is 0 Å². The summed E-state index contributed by atoms with van der Waals surface area (Å²) >= 11 is 0. The van der Waals surface area contributed by atoms with Gasteiger partial charge in [-0.1, -0.05) is 0 Å². The summed E-state index contributed by atoms with van der Waals surface area (Å²) < 4.78 is 1.87. The van der Waals surface area contributed by atoms with Gasteiger partial charge in [0, 0.05) is 18.1 Å². The lowest BCUT2D eigenvalue weighted by Crippen LogP contribution is -2.09. The molecule has 18 heavy (non-hydrogen) atoms. The van der Waals surface area contributed by atoms with Crippen LogP contribution < -0.4 is 5.32 Å². The van der Waals surface area contributed by atoms with Crippen molar-refractivity contribution in [2.75, 3.05) is 13.6 Å². The van der Waals surface area contributed by atoms with Crippen molar-refractivity contribution in [1.82, 2.24) is 25.1 Å². The summed E-state index contributed by atoms with van der Waals surface area (Å²) in [5.41, 5.74) is 3.55. The number of aromatic nitrogens is 4. The molecule has 0 aliphatic rings. The number of nitrogens with zero attached hydrogens (tertiary/aromatic N) is 4. The Bertz CT molecular complexity index is 504. The van der Waals surface area contributed by atoms with Gasteiger partial charge in [-0.3, -0.25) is 4.98 Å². The Balaban J connectivity index is 2.26. The maximum atomic E-state index is 4.55. The van der Waals surface area contributed by atoms with Crippen molar-refractivity contribution in [1.29, 1.82) is 0 Å². The molecule has 0 atom stereocenters. The SMILES string of the molecule is CNCCCc1c(C)nn(-c2cnccn2)c1C. The fourth-order valence-electron chi connectivity index (χ4n) is 2.10. The summed E-state index contributed by atoms with van der Waals surface area (Å²) in [5, 5.41) is 7.72. The molecule has 5 heteroatoms. The van der Waals surface area contributed by atoms with Gasteiger partial charge in [0.2, 0.25) is 0 Å². The highest BCUT2D eigenvalue weighted by Gasteiger charge is 2.12. The third-order valence-corrected chi connectivity index (χ3v) is 3.06. The predicted molar refractivity (Wildman–Crippen MR) is 70.9 cm³/mol. The molecule has 0 fully saturated rings. The van der Waals surface area contributed by atoms with Gasteiger partial charge in [0.1, 0.15) is 0 Å². The topological polar surface area (TPSA) is 55.6 Å². The number of hydrogen-bond donors (Lipinski definition) is 1. The van der Waals surface area contributed by atoms with Crippen LogP contribution in [0.2, 0.25) is 0 Å². The minimum absolute atomic E-state index is 0.776. The van der Waals surface area contributed by atoms with Crippen molar-refractivity contribution < 1.29 is 0 Å². The molecule has 2 rings (SSSR count). The van der Waals surface area contributed by atoms with Crippen LogP contribution in [0.25, 0.3) is 5.82 Å². The van der Waals surface area contributed by atoms with Crippen LogP contribution >= 0.6 is 0 Å². The summed E-state index contributed by atoms with van der Waals surface area (Å²) in [6.07, 6.45) is 7.25. The summed E-state index contributed by atoms with van der Waals surface area (Å²) in [4.78, 5) is 8.37. The van der Waals surface area contributed by atoms with Crippen molar-refractivity contribution in [3.63, 3.8) is 0 Å². The Morgan fingerprint density at radius 3 is 2.78 bits per heavy atom. The maximum absolute atomic E-state index is 4.55. The first kappa shape index (κ1) is 12.7. The van der Waals surface area contributed by atoms with Crippen LogP contribution in [0.5, 0.6) is 0 Å². The van der Waals surface area contributed by atoms with Crippen molar-refractivity contribution >= 4 is 0 Å². The van der Waals surface area contributed by atoms with Gasteiger partial charge in [0.15, 0.2) is 5.82 Å². The highest BCUT2D eigenvalue weighted by molar-refractivity contribution is 5.31. The van der Waals surface area contributed by atoms with Crippen LogP contribution in [0.3, 0.4) is 0 Å². The molecule has 2 aromatic rings. The molecular formula is C13H19N5. The molecule has 0 saturated carbocycles. The fraction of sp³-hybridized carbons (Fsp3) is 0.462. The smallest absolute Gasteiger partial charge is 0.172 e. The number of aryl methyl sites for hydroxylation is 1. The van der Waals surface area contributed by atoms with E-state index in [2.05, 4.69) is 34.2 Å². The molecule has 0 radical (unpaired) electrons. The minimum Gasteiger partial charge on any atom is -0.320 e. The van der Waals surface area contributed by atoms with E-state index in [1.165, 1.54) is 5.56 Å². The molecule has 5 nitrogen and oxygen atoms in total. The van der Waals surface area contributed by atoms with E-state index in [9.17, 15) is 0 Å². The fourth-order valence-corrected chi connectivity index (χ4v) is 2.10. The molecule has 0 saturated heterocycles. The lowest BCUT2D eigenvalue weighted by Gasteiger charge is -2.04. The highest BCUT2D eigenvalue weighted by Crippen LogP contribution is 2.17. The summed E-state index contributed by atoms with van der Waals surface area (Å²) in [7, 11) is 1.97. The molecule has 1 N–H and O–H groups in total. The third-order valence-electron chi connectivity index (χ3n) is 3.06. The summed E-state index contributed by atoms with van der Waals surface area (Å²) in [6.45, 7) is 5.16. The highest BCUT2D eigenvalue weighted by atomic mass is 15.3. The first-order valence-corrected chi connectivity index (χ1v) is 6.20. The molecule has 2 heterocycles. The number of hydrogen-bond acceptors (Lipinski definition) is 4. The van der Waals surface area contributed by atoms with Gasteiger partial charge in [-0.05, 0) is 45.8 Å². The molecule has 0 bridgehead atoms. The molecular weight excluding hydrogens is 226 g/mol. The van der Waals surface area contributed by atoms with Gasteiger partial charge in [-0.25, -0.2) is 9.67 Å². The van der Waals surface area contributed by atoms with Crippen molar-refractivity contribution in [2.45, 2.75) is 26.7 Å². The van der Waals surface area contributed by atoms with E-state index in [4.69, 9.17) is 0 Å². The minimum atomic E-state index is 0.776. The monoisotopic (exact) mass is 245 g/mol. The first-order valence-electron chi connectivity index (χ1n) is 6.20. The van der Waals surface area contributed by atoms with Gasteiger partial charge in [-0.2, -0.15) is 5.10 Å². The molecule has 0 spiro atoms. The molecule has 0 amide bonds. The quantitative estimate of drug-likeness (QED) is 0.810. The molecule has 0 aliphatic carbocycles. The van der Waals surface area contributed by atoms with E-state index in [1.807, 2.05) is 11.7 Å². The maximum Gasteiger partial charge on any atom is 0.172 e. The van der Waals surface area contributed by atoms with Gasteiger partial charge >= 0.3 is 0 Å². The zero-order chi connectivity index (χ0) is 13.0. The molecule has 2 aromatic heterocycles. The van der Waals surface area contributed by atoms with Gasteiger partial charge < -0.3 is 5.32 Å². The lowest BCUT2D eigenvalue weighted by atomic mass is 10.1. The van der Waals surface area contributed by atoms with Crippen molar-refractivity contribution in [3.05, 3.63) is 35.5 Å². The van der Waals surface area contributed by atoms with Gasteiger partial charge in [0.25, 0.3) is 0 Å². The second-order valence-electron chi connectivity index (χ2n) is 4.33. The second-order valence-corrected chi connectivity index (χ2v) is 4.33. The van der Waals surface area contributed by atoms with Gasteiger partial charge in [0.05, 0.1) is 11.9 Å². The Morgan fingerprint density at radius 2 is 2.11 bits per heavy atom. The Hall–Kier alpha value is -1.75. The molecule has 0 aliphatic heterocycles. The molecule has 0 aromatic carbocycles. The Morgan fingerprint density at radius 1 is 1.28 bits per heavy atom. The Kier molecular flexibility index (Phi) is 4.04. The van der Waals surface area contributed by atoms with Crippen molar-refractivity contribution in [3.8, 4) is 5.82 Å². The van der Waals surface area contributed by atoms with Gasteiger partial charge in [-0.15, -0.1) is 0 Å². The predicted octanol–water partition coefficient (Wildman–Crippen LogP) is 1.43. The lowest BCUT2D eigenvalue weighted by molar-refractivity contribution is 0.720. The zero-order valence-electron chi connectivity index (χ0n) is 11.1. The van der Waals surface area contributed by atoms with Crippen molar-refractivity contribution in [2.24, 2.45) is 0 Å². The second kappa shape index (κ2) is 5.73. The number of nitrogens with one attached hydrogen (secondary N) is 1. The van der Waals surface area contributed by atoms with E-state index >= 15 is 0 Å². The van der Waals surface area contributed by atoms with Crippen LogP contribution in [-0.2, 0) is 6.42 Å². The Labute approximate surface area is 107 Å². The standard InChI is InChI=1S/C13H19N5/c1-10-12(5-4-6-14-3)11(2)18(17-10)13-9-15-7-8-16-13/h7-9,14H,4-6H2,1-3H3. The van der Waals surface area contributed by atoms with Crippen LogP contribution in [-0.4, -0.2) is 33.3 Å². The van der Waals surface area contributed by atoms with Crippen LogP contribution in [0, 0.1) is 13.8 Å². The third kappa shape index (κ3) is 2.56. The number of rotatable bonds is 5. The van der Waals surface area contributed by atoms with E-state index in [1.54, 1.807) is 18.6 Å². The van der Waals surface area contributed by atoms with E-state index in [0.717, 1.165) is 36.6 Å². The van der Waals surface area contributed by atoms with Crippen LogP contribution in [0.4, 0.5) is 0 Å². The van der Waals surface area contributed by atoms with Crippen LogP contribution in [0.1, 0.15) is 23.4 Å². The largest absolute Gasteiger partial charge is 0.320 e. The molecule has 0 unspecified atom stereocenters. The average Bonchev–Trinajstić information content (AvgIpc) is 2.68. The zero-order valence-corrected chi connectivity index (χ0v) is 11.1. The molecule has 96 valence electrons. The van der Waals surface area contributed by atoms with Crippen LogP contribution in [0.15, 0.2) is 18.6 Å². The average molecular weight is 245 g/mol. The van der Waals surface area contributed by atoms with E-state index < -0.39 is 0 Å². The summed E-state index contributed by atoms with van der Waals surface area (Å²) in [5.74, 6) is 0.776.